The van der Waals surface area contributed by atoms with Crippen LogP contribution < -0.4 is 20.7 Å². The van der Waals surface area contributed by atoms with E-state index in [-0.39, 0.29) is 64.9 Å². The molecular weight excluding hydrogens is 759 g/mol. The van der Waals surface area contributed by atoms with Gasteiger partial charge in [0.2, 0.25) is 23.6 Å². The molecule has 2 aliphatic heterocycles. The molecule has 2 spiro atoms. The maximum atomic E-state index is 15.2. The van der Waals surface area contributed by atoms with Crippen molar-refractivity contribution < 1.29 is 32.4 Å². The average Bonchev–Trinajstić information content (AvgIpc) is 3.64. The number of rotatable bonds is 14. The highest BCUT2D eigenvalue weighted by molar-refractivity contribution is 7.87. The summed E-state index contributed by atoms with van der Waals surface area (Å²) in [6, 6.07) is -2.92. The van der Waals surface area contributed by atoms with Crippen molar-refractivity contribution in [3.05, 3.63) is 12.7 Å². The van der Waals surface area contributed by atoms with Crippen molar-refractivity contribution in [1.82, 2.24) is 34.8 Å². The molecule has 4 N–H and O–H groups in total. The van der Waals surface area contributed by atoms with Crippen LogP contribution in [0.5, 0.6) is 0 Å². The highest BCUT2D eigenvalue weighted by Crippen LogP contribution is 2.88. The van der Waals surface area contributed by atoms with Gasteiger partial charge in [-0.2, -0.15) is 12.7 Å². The number of carbonyl (C=O) groups is 5. The Bertz CT molecular complexity index is 1770. The number of hydrogen-bond donors (Lipinski definition) is 4. The first kappa shape index (κ1) is 44.5. The number of likely N-dealkylation sites (tertiary alicyclic amines) is 2. The quantitative estimate of drug-likeness (QED) is 0.192. The highest BCUT2D eigenvalue weighted by Gasteiger charge is 2.85. The molecule has 0 aromatic heterocycles. The Morgan fingerprint density at radius 3 is 2.07 bits per heavy atom. The number of hydrogen-bond acceptors (Lipinski definition) is 8. The first-order chi connectivity index (χ1) is 27.0. The minimum Gasteiger partial charge on any atom is -0.343 e. The number of nitrogens with zero attached hydrogens (tertiary/aromatic N) is 3. The Kier molecular flexibility index (Phi) is 12.1. The second-order valence-corrected chi connectivity index (χ2v) is 22.1. The van der Waals surface area contributed by atoms with Gasteiger partial charge in [-0.3, -0.25) is 28.9 Å². The molecule has 0 bridgehead atoms. The van der Waals surface area contributed by atoms with Gasteiger partial charge in [0.25, 0.3) is 5.91 Å². The zero-order chi connectivity index (χ0) is 42.8. The van der Waals surface area contributed by atoms with Gasteiger partial charge in [0.15, 0.2) is 0 Å². The minimum atomic E-state index is -4.16. The maximum absolute atomic E-state index is 15.2. The smallest absolute Gasteiger partial charge is 0.303 e. The van der Waals surface area contributed by atoms with Gasteiger partial charge in [-0.25, -0.2) is 4.72 Å². The SMILES string of the molecule is C=C[C@@H]1C[C@]1(NC(=O)[C@@H]1C[C@@]2(CN1C(=O)[C@@H](NC(=O)[C@@H](NC(=O)[C@@H]1CCCN1C(C)C)C1CCCCC1)C(C)(C)C)C(C)(C)C21CCC1)C(=O)NS(=O)(=O)N(C)CC. The Balaban J connectivity index is 1.28. The summed E-state index contributed by atoms with van der Waals surface area (Å²) < 4.78 is 29.0. The number of carbonyl (C=O) groups excluding carboxylic acids is 5. The van der Waals surface area contributed by atoms with Crippen molar-refractivity contribution in [3.63, 3.8) is 0 Å². The Hall–Kier alpha value is -3.04. The van der Waals surface area contributed by atoms with E-state index < -0.39 is 57.0 Å². The third-order valence-corrected chi connectivity index (χ3v) is 17.4. The summed E-state index contributed by atoms with van der Waals surface area (Å²) in [4.78, 5) is 76.0. The predicted molar refractivity (Wildman–Crippen MR) is 222 cm³/mol. The molecule has 0 aromatic carbocycles. The van der Waals surface area contributed by atoms with Crippen LogP contribution in [0, 0.1) is 33.5 Å². The largest absolute Gasteiger partial charge is 0.343 e. The van der Waals surface area contributed by atoms with Gasteiger partial charge in [0.1, 0.15) is 23.7 Å². The molecule has 5 amide bonds. The van der Waals surface area contributed by atoms with Crippen LogP contribution in [-0.4, -0.2) is 114 Å². The minimum absolute atomic E-state index is 0.0222. The second-order valence-electron chi connectivity index (χ2n) is 20.4. The summed E-state index contributed by atoms with van der Waals surface area (Å²) in [5.41, 5.74) is -2.82. The third-order valence-electron chi connectivity index (χ3n) is 15.9. The van der Waals surface area contributed by atoms with Crippen LogP contribution in [-0.2, 0) is 34.2 Å². The first-order valence-corrected chi connectivity index (χ1v) is 23.4. The molecule has 0 aromatic rings. The monoisotopic (exact) mass is 830 g/mol. The molecule has 14 nitrogen and oxygen atoms in total. The van der Waals surface area contributed by atoms with Crippen molar-refractivity contribution in [2.24, 2.45) is 33.5 Å². The molecule has 4 saturated carbocycles. The Morgan fingerprint density at radius 2 is 1.55 bits per heavy atom. The van der Waals surface area contributed by atoms with Gasteiger partial charge in [0.05, 0.1) is 6.04 Å². The van der Waals surface area contributed by atoms with Crippen LogP contribution >= 0.6 is 0 Å². The standard InChI is InChI=1S/C43H71N7O7S/c1-11-29-24-43(29,38(55)47-58(56,57)48(10)12-2)46-35(52)31-25-42(40(8,9)41(42)21-17-22-41)26-50(31)37(54)33(39(5,6)7)45-36(53)32(28-18-14-13-15-19-28)44-34(51)30-20-16-23-49(30)27(3)4/h11,27-33H,1,12-26H2,2-10H3,(H,44,51)(H,45,53)(H,46,52)(H,47,55)/t29-,30+,31+,32+,33-,42-,43-/m1/s1. The van der Waals surface area contributed by atoms with Crippen LogP contribution in [0.3, 0.4) is 0 Å². The van der Waals surface area contributed by atoms with Gasteiger partial charge in [-0.05, 0) is 93.9 Å². The van der Waals surface area contributed by atoms with Crippen molar-refractivity contribution in [2.45, 2.75) is 168 Å². The molecule has 0 radical (unpaired) electrons. The molecule has 58 heavy (non-hydrogen) atoms. The van der Waals surface area contributed by atoms with Gasteiger partial charge in [-0.1, -0.05) is 73.3 Å². The van der Waals surface area contributed by atoms with Gasteiger partial charge in [-0.15, -0.1) is 6.58 Å². The van der Waals surface area contributed by atoms with E-state index in [0.29, 0.717) is 13.0 Å². The molecule has 6 rings (SSSR count). The zero-order valence-corrected chi connectivity index (χ0v) is 37.4. The van der Waals surface area contributed by atoms with E-state index >= 15 is 4.79 Å². The fourth-order valence-corrected chi connectivity index (χ4v) is 12.6. The molecule has 7 atom stereocenters. The van der Waals surface area contributed by atoms with Crippen molar-refractivity contribution in [2.75, 3.05) is 26.7 Å². The second kappa shape index (κ2) is 15.8. The van der Waals surface area contributed by atoms with Crippen LogP contribution in [0.15, 0.2) is 12.7 Å². The molecular formula is C43H71N7O7S. The van der Waals surface area contributed by atoms with E-state index in [0.717, 1.165) is 75.1 Å². The van der Waals surface area contributed by atoms with E-state index in [1.165, 1.54) is 7.05 Å². The number of amides is 5. The lowest BCUT2D eigenvalue weighted by molar-refractivity contribution is -0.145. The highest BCUT2D eigenvalue weighted by atomic mass is 32.2. The summed E-state index contributed by atoms with van der Waals surface area (Å²) in [7, 11) is -2.80. The lowest BCUT2D eigenvalue weighted by Gasteiger charge is -2.38. The van der Waals surface area contributed by atoms with Crippen molar-refractivity contribution >= 4 is 39.7 Å². The Morgan fingerprint density at radius 1 is 0.897 bits per heavy atom. The lowest BCUT2D eigenvalue weighted by Crippen LogP contribution is -2.63. The van der Waals surface area contributed by atoms with E-state index in [1.54, 1.807) is 17.9 Å². The van der Waals surface area contributed by atoms with Crippen LogP contribution in [0.2, 0.25) is 0 Å². The predicted octanol–water partition coefficient (Wildman–Crippen LogP) is 3.63. The summed E-state index contributed by atoms with van der Waals surface area (Å²) >= 11 is 0. The molecule has 2 heterocycles. The molecule has 4 aliphatic carbocycles. The maximum Gasteiger partial charge on any atom is 0.303 e. The average molecular weight is 830 g/mol. The molecule has 326 valence electrons. The molecule has 6 aliphatic rings. The summed E-state index contributed by atoms with van der Waals surface area (Å²) in [5.74, 6) is -2.86. The van der Waals surface area contributed by atoms with Crippen LogP contribution in [0.4, 0.5) is 0 Å². The summed E-state index contributed by atoms with van der Waals surface area (Å²) in [5, 5.41) is 9.24. The van der Waals surface area contributed by atoms with E-state index in [4.69, 9.17) is 0 Å². The van der Waals surface area contributed by atoms with E-state index in [9.17, 15) is 27.6 Å². The van der Waals surface area contributed by atoms with E-state index in [1.807, 2.05) is 20.8 Å². The van der Waals surface area contributed by atoms with Gasteiger partial charge < -0.3 is 20.9 Å². The molecule has 6 fully saturated rings. The normalized spacial score (nSPS) is 31.4. The molecule has 15 heteroatoms. The van der Waals surface area contributed by atoms with Crippen molar-refractivity contribution in [3.8, 4) is 0 Å². The first-order valence-electron chi connectivity index (χ1n) is 21.9. The van der Waals surface area contributed by atoms with Crippen LogP contribution in [0.1, 0.15) is 132 Å². The van der Waals surface area contributed by atoms with Gasteiger partial charge in [0, 0.05) is 37.5 Å². The zero-order valence-electron chi connectivity index (χ0n) is 36.5. The fourth-order valence-electron chi connectivity index (χ4n) is 11.7. The summed E-state index contributed by atoms with van der Waals surface area (Å²) in [6.45, 7) is 21.1. The fraction of sp³-hybridized carbons (Fsp3) is 0.837. The van der Waals surface area contributed by atoms with Crippen LogP contribution in [0.25, 0.3) is 0 Å². The molecule has 0 unspecified atom stereocenters. The Labute approximate surface area is 347 Å². The lowest BCUT2D eigenvalue weighted by atomic mass is 9.73. The summed E-state index contributed by atoms with van der Waals surface area (Å²) in [6.07, 6.45) is 11.4. The molecule has 2 saturated heterocycles. The number of fused-ring (bicyclic) bond motifs is 1. The van der Waals surface area contributed by atoms with E-state index in [2.05, 4.69) is 59.8 Å². The van der Waals surface area contributed by atoms with Gasteiger partial charge >= 0.3 is 10.2 Å². The van der Waals surface area contributed by atoms with Crippen molar-refractivity contribution in [1.29, 1.82) is 0 Å². The topological polar surface area (TPSA) is 177 Å². The number of nitrogens with one attached hydrogen (secondary N) is 4. The third kappa shape index (κ3) is 7.40.